The molecule has 0 bridgehead atoms. The number of nitrogens with two attached hydrogens (primary N) is 1. The number of aliphatic hydroxyl groups excluding tert-OH is 1. The molecule has 0 fully saturated rings. The molecule has 0 spiro atoms. The van der Waals surface area contributed by atoms with Crippen LogP contribution in [0.3, 0.4) is 0 Å². The van der Waals surface area contributed by atoms with E-state index in [1.165, 1.54) is 0 Å². The van der Waals surface area contributed by atoms with Crippen LogP contribution in [0.15, 0.2) is 27.8 Å². The number of nitrogens with one attached hydrogen (secondary N) is 2. The average Bonchev–Trinajstić information content (AvgIpc) is 2.89. The van der Waals surface area contributed by atoms with Gasteiger partial charge in [-0.05, 0) is 55.7 Å². The first kappa shape index (κ1) is 31.6. The van der Waals surface area contributed by atoms with Crippen LogP contribution < -0.4 is 36.7 Å². The summed E-state index contributed by atoms with van der Waals surface area (Å²) in [5.41, 5.74) is 6.98. The summed E-state index contributed by atoms with van der Waals surface area (Å²) in [7, 11) is 3.29. The van der Waals surface area contributed by atoms with Gasteiger partial charge in [0, 0.05) is 38.8 Å². The fourth-order valence-corrected chi connectivity index (χ4v) is 4.55. The molecule has 9 nitrogen and oxygen atoms in total. The standard InChI is InChI=1S/C29H47N3O6/c1-7-9-19(4)32-27-26(28(34)29(27)35)31-17-23(33)22(30)16-21(18(2)3)14-20-10-11-24(37-6)25(15-20)38-13-8-12-36-5/h10-11,15,18-19,21-23,31-33H,7-9,12-14,16-17,30H2,1-6H3/t19?,21-,22-,23-/m0/s1. The van der Waals surface area contributed by atoms with Crippen LogP contribution in [-0.2, 0) is 11.2 Å². The zero-order chi connectivity index (χ0) is 28.2. The molecule has 5 N–H and O–H groups in total. The maximum Gasteiger partial charge on any atom is 0.253 e. The summed E-state index contributed by atoms with van der Waals surface area (Å²) >= 11 is 0. The first-order valence-corrected chi connectivity index (χ1v) is 13.7. The smallest absolute Gasteiger partial charge is 0.253 e. The minimum Gasteiger partial charge on any atom is -0.493 e. The summed E-state index contributed by atoms with van der Waals surface area (Å²) in [5, 5.41) is 16.8. The number of benzene rings is 1. The van der Waals surface area contributed by atoms with E-state index in [9.17, 15) is 14.7 Å². The van der Waals surface area contributed by atoms with E-state index in [1.54, 1.807) is 14.2 Å². The quantitative estimate of drug-likeness (QED) is 0.159. The molecule has 0 amide bonds. The largest absolute Gasteiger partial charge is 0.493 e. The number of hydrogen-bond acceptors (Lipinski definition) is 9. The lowest BCUT2D eigenvalue weighted by molar-refractivity contribution is 0.137. The molecular formula is C29H47N3O6. The Hall–Kier alpha value is -2.62. The second-order valence-corrected chi connectivity index (χ2v) is 10.5. The number of rotatable bonds is 19. The summed E-state index contributed by atoms with van der Waals surface area (Å²) in [6, 6.07) is 5.52. The van der Waals surface area contributed by atoms with E-state index in [1.807, 2.05) is 25.1 Å². The minimum absolute atomic E-state index is 0.0806. The predicted octanol–water partition coefficient (Wildman–Crippen LogP) is 3.31. The van der Waals surface area contributed by atoms with Crippen LogP contribution in [-0.4, -0.2) is 57.3 Å². The molecule has 0 radical (unpaired) electrons. The molecule has 2 aromatic carbocycles. The highest BCUT2D eigenvalue weighted by atomic mass is 16.5. The van der Waals surface area contributed by atoms with E-state index in [-0.39, 0.29) is 24.2 Å². The fraction of sp³-hybridized carbons (Fsp3) is 0.655. The predicted molar refractivity (Wildman–Crippen MR) is 153 cm³/mol. The van der Waals surface area contributed by atoms with Gasteiger partial charge >= 0.3 is 0 Å². The Balaban J connectivity index is 1.99. The molecule has 0 aromatic heterocycles. The van der Waals surface area contributed by atoms with Crippen molar-refractivity contribution in [3.05, 3.63) is 44.2 Å². The van der Waals surface area contributed by atoms with Gasteiger partial charge in [0.25, 0.3) is 10.9 Å². The molecule has 0 aliphatic carbocycles. The summed E-state index contributed by atoms with van der Waals surface area (Å²) in [6.45, 7) is 9.58. The van der Waals surface area contributed by atoms with Crippen molar-refractivity contribution in [3.8, 4) is 11.5 Å². The van der Waals surface area contributed by atoms with Gasteiger partial charge in [-0.15, -0.1) is 0 Å². The van der Waals surface area contributed by atoms with E-state index in [0.29, 0.717) is 42.7 Å². The highest BCUT2D eigenvalue weighted by molar-refractivity contribution is 5.74. The van der Waals surface area contributed by atoms with Crippen LogP contribution in [0.1, 0.15) is 58.9 Å². The maximum absolute atomic E-state index is 12.1. The van der Waals surface area contributed by atoms with Crippen molar-refractivity contribution in [2.24, 2.45) is 17.6 Å². The third-order valence-corrected chi connectivity index (χ3v) is 7.00. The molecule has 9 heteroatoms. The fourth-order valence-electron chi connectivity index (χ4n) is 4.55. The van der Waals surface area contributed by atoms with E-state index in [2.05, 4.69) is 31.4 Å². The van der Waals surface area contributed by atoms with Gasteiger partial charge in [0.05, 0.1) is 19.8 Å². The Morgan fingerprint density at radius 1 is 1.03 bits per heavy atom. The van der Waals surface area contributed by atoms with Gasteiger partial charge in [-0.3, -0.25) is 9.59 Å². The Morgan fingerprint density at radius 3 is 2.37 bits per heavy atom. The highest BCUT2D eigenvalue weighted by Gasteiger charge is 2.26. The number of methoxy groups -OCH3 is 2. The number of hydrogen-bond donors (Lipinski definition) is 4. The van der Waals surface area contributed by atoms with E-state index >= 15 is 0 Å². The lowest BCUT2D eigenvalue weighted by Gasteiger charge is -2.28. The molecule has 38 heavy (non-hydrogen) atoms. The van der Waals surface area contributed by atoms with Crippen LogP contribution in [0, 0.1) is 11.8 Å². The van der Waals surface area contributed by atoms with E-state index in [0.717, 1.165) is 31.2 Å². The van der Waals surface area contributed by atoms with E-state index in [4.69, 9.17) is 19.9 Å². The molecular weight excluding hydrogens is 486 g/mol. The van der Waals surface area contributed by atoms with Crippen molar-refractivity contribution in [1.82, 2.24) is 0 Å². The Bertz CT molecular complexity index is 1050. The van der Waals surface area contributed by atoms with Gasteiger partial charge in [0.2, 0.25) is 0 Å². The molecule has 0 aliphatic heterocycles. The number of ether oxygens (including phenoxy) is 3. The summed E-state index contributed by atoms with van der Waals surface area (Å²) in [6.07, 6.45) is 3.13. The monoisotopic (exact) mass is 533 g/mol. The Kier molecular flexibility index (Phi) is 13.1. The molecule has 0 heterocycles. The lowest BCUT2D eigenvalue weighted by Crippen LogP contribution is -2.44. The van der Waals surface area contributed by atoms with Gasteiger partial charge in [0.15, 0.2) is 11.5 Å². The Labute approximate surface area is 226 Å². The van der Waals surface area contributed by atoms with E-state index < -0.39 is 23.0 Å². The van der Waals surface area contributed by atoms with Crippen LogP contribution in [0.5, 0.6) is 11.5 Å². The molecule has 1 unspecified atom stereocenters. The van der Waals surface area contributed by atoms with Gasteiger partial charge in [0.1, 0.15) is 11.4 Å². The third-order valence-electron chi connectivity index (χ3n) is 7.00. The van der Waals surface area contributed by atoms with Crippen LogP contribution >= 0.6 is 0 Å². The summed E-state index contributed by atoms with van der Waals surface area (Å²) in [4.78, 5) is 24.1. The van der Waals surface area contributed by atoms with Crippen molar-refractivity contribution < 1.29 is 19.3 Å². The van der Waals surface area contributed by atoms with Crippen molar-refractivity contribution in [2.75, 3.05) is 44.6 Å². The molecule has 0 saturated carbocycles. The van der Waals surface area contributed by atoms with Crippen molar-refractivity contribution in [1.29, 1.82) is 0 Å². The van der Waals surface area contributed by atoms with Crippen molar-refractivity contribution >= 4 is 11.4 Å². The molecule has 2 aromatic rings. The number of anilines is 2. The zero-order valence-corrected chi connectivity index (χ0v) is 23.8. The normalized spacial score (nSPS) is 14.8. The molecule has 214 valence electrons. The topological polar surface area (TPSA) is 132 Å². The first-order valence-electron chi connectivity index (χ1n) is 13.7. The lowest BCUT2D eigenvalue weighted by atomic mass is 9.83. The maximum atomic E-state index is 12.1. The van der Waals surface area contributed by atoms with Crippen LogP contribution in [0.4, 0.5) is 11.4 Å². The first-order chi connectivity index (χ1) is 18.1. The summed E-state index contributed by atoms with van der Waals surface area (Å²) in [5.74, 6) is 1.93. The van der Waals surface area contributed by atoms with Crippen LogP contribution in [0.2, 0.25) is 0 Å². The van der Waals surface area contributed by atoms with Gasteiger partial charge in [-0.25, -0.2) is 0 Å². The van der Waals surface area contributed by atoms with Gasteiger partial charge in [-0.1, -0.05) is 33.3 Å². The second-order valence-electron chi connectivity index (χ2n) is 10.5. The SMILES string of the molecule is CCCC(C)Nc1c(NC[C@H](O)[C@@H](N)C[C@H](Cc2ccc(OC)c(OCCCOC)c2)C(C)C)c(=O)c1=O. The molecule has 2 rings (SSSR count). The van der Waals surface area contributed by atoms with Gasteiger partial charge in [-0.2, -0.15) is 0 Å². The van der Waals surface area contributed by atoms with Gasteiger partial charge < -0.3 is 35.7 Å². The molecule has 0 aliphatic rings. The third kappa shape index (κ3) is 8.99. The average molecular weight is 534 g/mol. The van der Waals surface area contributed by atoms with Crippen molar-refractivity contribution in [3.63, 3.8) is 0 Å². The highest BCUT2D eigenvalue weighted by Crippen LogP contribution is 2.31. The summed E-state index contributed by atoms with van der Waals surface area (Å²) < 4.78 is 16.5. The van der Waals surface area contributed by atoms with Crippen LogP contribution in [0.25, 0.3) is 0 Å². The Morgan fingerprint density at radius 2 is 1.74 bits per heavy atom. The molecule has 0 saturated heterocycles. The second kappa shape index (κ2) is 15.7. The van der Waals surface area contributed by atoms with Crippen molar-refractivity contribution in [2.45, 2.75) is 78.0 Å². The minimum atomic E-state index is -0.878. The zero-order valence-electron chi connectivity index (χ0n) is 23.8. The molecule has 4 atom stereocenters. The number of aliphatic hydroxyl groups is 1.